The van der Waals surface area contributed by atoms with Gasteiger partial charge in [-0.3, -0.25) is 9.59 Å². The molecule has 0 saturated carbocycles. The molecule has 1 aromatic heterocycles. The van der Waals surface area contributed by atoms with Gasteiger partial charge in [-0.25, -0.2) is 13.1 Å². The number of rotatable bonds is 9. The van der Waals surface area contributed by atoms with Crippen LogP contribution in [0.15, 0.2) is 71.9 Å². The smallest absolute Gasteiger partial charge is 0.251 e. The van der Waals surface area contributed by atoms with Gasteiger partial charge in [-0.1, -0.05) is 19.9 Å². The first-order chi connectivity index (χ1) is 15.3. The number of aromatic nitrogens is 2. The maximum absolute atomic E-state index is 12.7. The third kappa shape index (κ3) is 5.40. The molecule has 32 heavy (non-hydrogen) atoms. The summed E-state index contributed by atoms with van der Waals surface area (Å²) in [7, 11) is -3.68. The third-order valence-electron chi connectivity index (χ3n) is 4.77. The van der Waals surface area contributed by atoms with Crippen molar-refractivity contribution >= 4 is 27.5 Å². The van der Waals surface area contributed by atoms with E-state index >= 15 is 0 Å². The van der Waals surface area contributed by atoms with Crippen LogP contribution in [0.1, 0.15) is 24.2 Å². The minimum Gasteiger partial charge on any atom is -0.343 e. The number of hydrogen-bond acceptors (Lipinski definition) is 5. The number of nitrogens with one attached hydrogen (secondary N) is 2. The summed E-state index contributed by atoms with van der Waals surface area (Å²) in [5, 5.41) is 9.35. The van der Waals surface area contributed by atoms with Crippen molar-refractivity contribution in [2.45, 2.75) is 18.7 Å². The van der Waals surface area contributed by atoms with Crippen LogP contribution in [0.2, 0.25) is 0 Å². The molecule has 0 aliphatic heterocycles. The van der Waals surface area contributed by atoms with E-state index in [0.29, 0.717) is 18.8 Å². The Morgan fingerprint density at radius 2 is 1.75 bits per heavy atom. The Balaban J connectivity index is 1.59. The molecule has 0 saturated heterocycles. The van der Waals surface area contributed by atoms with E-state index in [1.54, 1.807) is 36.9 Å². The lowest BCUT2D eigenvalue weighted by Gasteiger charge is -2.18. The molecule has 0 radical (unpaired) electrons. The van der Waals surface area contributed by atoms with Crippen LogP contribution in [-0.4, -0.2) is 54.0 Å². The van der Waals surface area contributed by atoms with E-state index in [-0.39, 0.29) is 17.0 Å². The van der Waals surface area contributed by atoms with Crippen LogP contribution in [0.25, 0.3) is 5.69 Å². The topological polar surface area (TPSA) is 113 Å². The van der Waals surface area contributed by atoms with Gasteiger partial charge in [-0.05, 0) is 48.5 Å². The molecule has 0 aliphatic carbocycles. The second kappa shape index (κ2) is 10.2. The van der Waals surface area contributed by atoms with E-state index in [1.165, 1.54) is 28.6 Å². The standard InChI is InChI=1S/C22H25N5O4S/c1-3-26(4-2)32(30,31)20-8-5-7-17(15-20)22(29)23-16-21(28)25-18-9-11-19(12-10-18)27-14-6-13-24-27/h5-15H,3-4,16H2,1-2H3,(H,23,29)(H,25,28). The minimum atomic E-state index is -3.68. The zero-order chi connectivity index (χ0) is 23.1. The molecule has 10 heteroatoms. The molecule has 0 unspecified atom stereocenters. The Labute approximate surface area is 187 Å². The fourth-order valence-corrected chi connectivity index (χ4v) is 4.60. The maximum Gasteiger partial charge on any atom is 0.251 e. The van der Waals surface area contributed by atoms with Crippen molar-refractivity contribution in [3.8, 4) is 5.69 Å². The van der Waals surface area contributed by atoms with Gasteiger partial charge in [0.05, 0.1) is 17.1 Å². The van der Waals surface area contributed by atoms with Crippen LogP contribution in [-0.2, 0) is 14.8 Å². The lowest BCUT2D eigenvalue weighted by Crippen LogP contribution is -2.33. The van der Waals surface area contributed by atoms with Crippen LogP contribution in [0.4, 0.5) is 5.69 Å². The van der Waals surface area contributed by atoms with Gasteiger partial charge in [0.1, 0.15) is 0 Å². The summed E-state index contributed by atoms with van der Waals surface area (Å²) in [6.07, 6.45) is 3.48. The molecule has 3 aromatic rings. The number of nitrogens with zero attached hydrogens (tertiary/aromatic N) is 3. The van der Waals surface area contributed by atoms with Gasteiger partial charge in [0.25, 0.3) is 5.91 Å². The third-order valence-corrected chi connectivity index (χ3v) is 6.81. The normalized spacial score (nSPS) is 11.3. The molecule has 2 aromatic carbocycles. The average Bonchev–Trinajstić information content (AvgIpc) is 3.34. The first-order valence-electron chi connectivity index (χ1n) is 10.1. The van der Waals surface area contributed by atoms with Gasteiger partial charge in [0, 0.05) is 36.7 Å². The Morgan fingerprint density at radius 1 is 1.03 bits per heavy atom. The average molecular weight is 456 g/mol. The monoisotopic (exact) mass is 455 g/mol. The molecule has 9 nitrogen and oxygen atoms in total. The number of anilines is 1. The van der Waals surface area contributed by atoms with Crippen LogP contribution in [0, 0.1) is 0 Å². The quantitative estimate of drug-likeness (QED) is 0.514. The van der Waals surface area contributed by atoms with E-state index in [2.05, 4.69) is 15.7 Å². The summed E-state index contributed by atoms with van der Waals surface area (Å²) >= 11 is 0. The van der Waals surface area contributed by atoms with Crippen molar-refractivity contribution in [3.05, 3.63) is 72.6 Å². The van der Waals surface area contributed by atoms with E-state index in [0.717, 1.165) is 5.69 Å². The summed E-state index contributed by atoms with van der Waals surface area (Å²) in [6, 6.07) is 14.7. The lowest BCUT2D eigenvalue weighted by molar-refractivity contribution is -0.115. The molecule has 3 rings (SSSR count). The predicted octanol–water partition coefficient (Wildman–Crippen LogP) is 2.27. The second-order valence-electron chi connectivity index (χ2n) is 6.85. The zero-order valence-electron chi connectivity index (χ0n) is 17.9. The fourth-order valence-electron chi connectivity index (χ4n) is 3.10. The van der Waals surface area contributed by atoms with Crippen LogP contribution < -0.4 is 10.6 Å². The minimum absolute atomic E-state index is 0.0376. The highest BCUT2D eigenvalue weighted by molar-refractivity contribution is 7.89. The Hall–Kier alpha value is -3.50. The summed E-state index contributed by atoms with van der Waals surface area (Å²) in [4.78, 5) is 24.7. The van der Waals surface area contributed by atoms with Crippen molar-refractivity contribution in [3.63, 3.8) is 0 Å². The van der Waals surface area contributed by atoms with Crippen LogP contribution >= 0.6 is 0 Å². The predicted molar refractivity (Wildman–Crippen MR) is 121 cm³/mol. The van der Waals surface area contributed by atoms with Crippen molar-refractivity contribution in [2.75, 3.05) is 25.0 Å². The summed E-state index contributed by atoms with van der Waals surface area (Å²) in [6.45, 7) is 3.91. The number of amides is 2. The van der Waals surface area contributed by atoms with Gasteiger partial charge in [-0.15, -0.1) is 0 Å². The largest absolute Gasteiger partial charge is 0.343 e. The van der Waals surface area contributed by atoms with E-state index in [4.69, 9.17) is 0 Å². The molecule has 0 aliphatic rings. The van der Waals surface area contributed by atoms with Crippen molar-refractivity contribution < 1.29 is 18.0 Å². The molecule has 0 atom stereocenters. The Kier molecular flexibility index (Phi) is 7.39. The molecule has 0 bridgehead atoms. The molecular weight excluding hydrogens is 430 g/mol. The highest BCUT2D eigenvalue weighted by Gasteiger charge is 2.22. The van der Waals surface area contributed by atoms with E-state index in [1.807, 2.05) is 24.4 Å². The number of benzene rings is 2. The lowest BCUT2D eigenvalue weighted by atomic mass is 10.2. The molecule has 0 spiro atoms. The first kappa shape index (κ1) is 23.2. The number of hydrogen-bond donors (Lipinski definition) is 2. The molecule has 2 amide bonds. The molecular formula is C22H25N5O4S. The SMILES string of the molecule is CCN(CC)S(=O)(=O)c1cccc(C(=O)NCC(=O)Nc2ccc(-n3cccn3)cc2)c1. The van der Waals surface area contributed by atoms with E-state index in [9.17, 15) is 18.0 Å². The van der Waals surface area contributed by atoms with E-state index < -0.39 is 21.8 Å². The van der Waals surface area contributed by atoms with Crippen molar-refractivity contribution in [1.29, 1.82) is 0 Å². The number of carbonyl (C=O) groups excluding carboxylic acids is 2. The second-order valence-corrected chi connectivity index (χ2v) is 8.78. The Bertz CT molecular complexity index is 1170. The zero-order valence-corrected chi connectivity index (χ0v) is 18.7. The summed E-state index contributed by atoms with van der Waals surface area (Å²) in [5.74, 6) is -0.942. The molecule has 2 N–H and O–H groups in total. The number of sulfonamides is 1. The van der Waals surface area contributed by atoms with Crippen LogP contribution in [0.3, 0.4) is 0 Å². The van der Waals surface area contributed by atoms with Gasteiger partial charge in [0.2, 0.25) is 15.9 Å². The van der Waals surface area contributed by atoms with Gasteiger partial charge in [0.15, 0.2) is 0 Å². The number of carbonyl (C=O) groups is 2. The van der Waals surface area contributed by atoms with Gasteiger partial charge in [-0.2, -0.15) is 9.40 Å². The maximum atomic E-state index is 12.7. The van der Waals surface area contributed by atoms with Crippen molar-refractivity contribution in [2.24, 2.45) is 0 Å². The van der Waals surface area contributed by atoms with Crippen LogP contribution in [0.5, 0.6) is 0 Å². The van der Waals surface area contributed by atoms with Crippen molar-refractivity contribution in [1.82, 2.24) is 19.4 Å². The summed E-state index contributed by atoms with van der Waals surface area (Å²) in [5.41, 5.74) is 1.59. The highest BCUT2D eigenvalue weighted by atomic mass is 32.2. The highest BCUT2D eigenvalue weighted by Crippen LogP contribution is 2.17. The summed E-state index contributed by atoms with van der Waals surface area (Å²) < 4.78 is 28.3. The first-order valence-corrected chi connectivity index (χ1v) is 11.6. The molecule has 168 valence electrons. The molecule has 1 heterocycles. The molecule has 0 fully saturated rings. The van der Waals surface area contributed by atoms with Gasteiger partial charge < -0.3 is 10.6 Å². The Morgan fingerprint density at radius 3 is 2.38 bits per heavy atom. The fraction of sp³-hybridized carbons (Fsp3) is 0.227. The van der Waals surface area contributed by atoms with Gasteiger partial charge >= 0.3 is 0 Å².